The van der Waals surface area contributed by atoms with E-state index in [1.165, 1.54) is 0 Å². The highest BCUT2D eigenvalue weighted by Crippen LogP contribution is 2.14. The van der Waals surface area contributed by atoms with Crippen molar-refractivity contribution in [2.75, 3.05) is 0 Å². The maximum absolute atomic E-state index is 11.9. The van der Waals surface area contributed by atoms with Gasteiger partial charge in [0.2, 0.25) is 0 Å². The lowest BCUT2D eigenvalue weighted by molar-refractivity contribution is 0.0727. The number of alkyl halides is 1. The Morgan fingerprint density at radius 2 is 1.94 bits per heavy atom. The zero-order chi connectivity index (χ0) is 12.1. The fraction of sp³-hybridized carbons (Fsp3) is 0.0769. The van der Waals surface area contributed by atoms with Crippen LogP contribution < -0.4 is 4.74 Å². The van der Waals surface area contributed by atoms with Crippen LogP contribution in [-0.2, 0) is 5.33 Å². The van der Waals surface area contributed by atoms with Gasteiger partial charge in [0.05, 0.1) is 0 Å². The van der Waals surface area contributed by atoms with E-state index in [0.717, 1.165) is 5.56 Å². The maximum atomic E-state index is 11.9. The minimum absolute atomic E-state index is 0.341. The molecule has 0 aliphatic carbocycles. The molecule has 0 fully saturated rings. The lowest BCUT2D eigenvalue weighted by atomic mass is 10.2. The van der Waals surface area contributed by atoms with E-state index in [-0.39, 0.29) is 0 Å². The van der Waals surface area contributed by atoms with Crippen LogP contribution in [0.4, 0.5) is 0 Å². The number of aromatic nitrogens is 1. The van der Waals surface area contributed by atoms with Crippen LogP contribution in [0.1, 0.15) is 16.1 Å². The van der Waals surface area contributed by atoms with Crippen molar-refractivity contribution in [3.8, 4) is 5.75 Å². The van der Waals surface area contributed by atoms with Gasteiger partial charge in [0.1, 0.15) is 5.75 Å². The summed E-state index contributed by atoms with van der Waals surface area (Å²) in [6, 6.07) is 12.6. The fourth-order valence-corrected chi connectivity index (χ4v) is 1.83. The number of hydrogen-bond acceptors (Lipinski definition) is 3. The van der Waals surface area contributed by atoms with Gasteiger partial charge in [-0.15, -0.1) is 0 Å². The Balaban J connectivity index is 2.20. The lowest BCUT2D eigenvalue weighted by Gasteiger charge is -2.06. The van der Waals surface area contributed by atoms with Gasteiger partial charge in [0.15, 0.2) is 5.69 Å². The number of para-hydroxylation sites is 1. The van der Waals surface area contributed by atoms with E-state index < -0.39 is 5.97 Å². The van der Waals surface area contributed by atoms with Gasteiger partial charge < -0.3 is 4.74 Å². The van der Waals surface area contributed by atoms with E-state index in [2.05, 4.69) is 20.9 Å². The number of halogens is 1. The maximum Gasteiger partial charge on any atom is 0.362 e. The van der Waals surface area contributed by atoms with E-state index in [1.54, 1.807) is 24.4 Å². The normalized spacial score (nSPS) is 9.94. The number of esters is 1. The van der Waals surface area contributed by atoms with Crippen molar-refractivity contribution in [1.82, 2.24) is 4.98 Å². The molecule has 0 spiro atoms. The number of hydrogen-bond donors (Lipinski definition) is 0. The van der Waals surface area contributed by atoms with E-state index in [0.29, 0.717) is 16.8 Å². The molecule has 0 saturated carbocycles. The molecule has 0 amide bonds. The van der Waals surface area contributed by atoms with Gasteiger partial charge in [-0.05, 0) is 23.8 Å². The van der Waals surface area contributed by atoms with Crippen molar-refractivity contribution >= 4 is 21.9 Å². The second-order valence-electron chi connectivity index (χ2n) is 3.35. The molecule has 0 saturated heterocycles. The smallest absolute Gasteiger partial charge is 0.362 e. The summed E-state index contributed by atoms with van der Waals surface area (Å²) < 4.78 is 5.22. The van der Waals surface area contributed by atoms with Crippen LogP contribution in [0.2, 0.25) is 0 Å². The van der Waals surface area contributed by atoms with Crippen molar-refractivity contribution in [3.63, 3.8) is 0 Å². The summed E-state index contributed by atoms with van der Waals surface area (Å²) in [5.74, 6) is 0.0786. The third-order valence-electron chi connectivity index (χ3n) is 2.18. The lowest BCUT2D eigenvalue weighted by Crippen LogP contribution is -2.12. The molecular formula is C13H10BrNO2. The Morgan fingerprint density at radius 1 is 1.18 bits per heavy atom. The average Bonchev–Trinajstić information content (AvgIpc) is 2.40. The summed E-state index contributed by atoms with van der Waals surface area (Å²) in [6.45, 7) is 0. The van der Waals surface area contributed by atoms with Crippen LogP contribution in [0, 0.1) is 0 Å². The molecule has 1 aromatic heterocycles. The zero-order valence-electron chi connectivity index (χ0n) is 8.97. The number of nitrogens with zero attached hydrogens (tertiary/aromatic N) is 1. The van der Waals surface area contributed by atoms with E-state index in [4.69, 9.17) is 4.74 Å². The molecule has 4 heteroatoms. The quantitative estimate of drug-likeness (QED) is 0.495. The molecule has 0 N–H and O–H groups in total. The summed E-state index contributed by atoms with van der Waals surface area (Å²) >= 11 is 3.31. The van der Waals surface area contributed by atoms with Crippen LogP contribution in [-0.4, -0.2) is 11.0 Å². The molecule has 0 radical (unpaired) electrons. The largest absolute Gasteiger partial charge is 0.422 e. The van der Waals surface area contributed by atoms with Crippen molar-refractivity contribution in [2.24, 2.45) is 0 Å². The van der Waals surface area contributed by atoms with E-state index in [9.17, 15) is 4.79 Å². The first-order valence-electron chi connectivity index (χ1n) is 5.08. The first kappa shape index (κ1) is 11.8. The van der Waals surface area contributed by atoms with Gasteiger partial charge >= 0.3 is 5.97 Å². The summed E-state index contributed by atoms with van der Waals surface area (Å²) in [6.07, 6.45) is 1.58. The van der Waals surface area contributed by atoms with Gasteiger partial charge in [-0.2, -0.15) is 0 Å². The summed E-state index contributed by atoms with van der Waals surface area (Å²) in [5.41, 5.74) is 1.15. The predicted molar refractivity (Wildman–Crippen MR) is 68.3 cm³/mol. The Morgan fingerprint density at radius 3 is 2.65 bits per heavy atom. The third-order valence-corrected chi connectivity index (χ3v) is 2.79. The highest BCUT2D eigenvalue weighted by Gasteiger charge is 2.13. The number of benzene rings is 1. The van der Waals surface area contributed by atoms with Crippen LogP contribution >= 0.6 is 15.9 Å². The Hall–Kier alpha value is -1.68. The highest BCUT2D eigenvalue weighted by atomic mass is 79.9. The minimum atomic E-state index is -0.439. The summed E-state index contributed by atoms with van der Waals surface area (Å²) in [7, 11) is 0. The molecule has 17 heavy (non-hydrogen) atoms. The Kier molecular flexibility index (Phi) is 3.88. The molecule has 2 aromatic rings. The van der Waals surface area contributed by atoms with Crippen molar-refractivity contribution in [3.05, 3.63) is 59.9 Å². The van der Waals surface area contributed by atoms with Gasteiger partial charge in [-0.1, -0.05) is 40.2 Å². The van der Waals surface area contributed by atoms with Crippen LogP contribution in [0.3, 0.4) is 0 Å². The third kappa shape index (κ3) is 2.91. The Labute approximate surface area is 108 Å². The molecule has 0 bridgehead atoms. The standard InChI is InChI=1S/C13H10BrNO2/c14-9-10-5-4-8-15-12(10)13(16)17-11-6-2-1-3-7-11/h1-8H,9H2. The monoisotopic (exact) mass is 291 g/mol. The van der Waals surface area contributed by atoms with Crippen LogP contribution in [0.15, 0.2) is 48.7 Å². The van der Waals surface area contributed by atoms with Crippen molar-refractivity contribution < 1.29 is 9.53 Å². The molecule has 1 aromatic carbocycles. The molecule has 3 nitrogen and oxygen atoms in total. The number of rotatable bonds is 3. The molecular weight excluding hydrogens is 282 g/mol. The van der Waals surface area contributed by atoms with Crippen molar-refractivity contribution in [1.29, 1.82) is 0 Å². The topological polar surface area (TPSA) is 39.2 Å². The first-order chi connectivity index (χ1) is 8.31. The molecule has 0 atom stereocenters. The van der Waals surface area contributed by atoms with E-state index in [1.807, 2.05) is 24.3 Å². The number of carbonyl (C=O) groups is 1. The second kappa shape index (κ2) is 5.59. The van der Waals surface area contributed by atoms with Gasteiger partial charge in [0, 0.05) is 11.5 Å². The van der Waals surface area contributed by atoms with E-state index >= 15 is 0 Å². The Bertz CT molecular complexity index is 514. The van der Waals surface area contributed by atoms with Gasteiger partial charge in [0.25, 0.3) is 0 Å². The average molecular weight is 292 g/mol. The molecule has 1 heterocycles. The molecule has 0 aliphatic rings. The number of pyridine rings is 1. The van der Waals surface area contributed by atoms with Crippen LogP contribution in [0.25, 0.3) is 0 Å². The first-order valence-corrected chi connectivity index (χ1v) is 6.20. The van der Waals surface area contributed by atoms with Gasteiger partial charge in [-0.3, -0.25) is 0 Å². The molecule has 0 aliphatic heterocycles. The summed E-state index contributed by atoms with van der Waals surface area (Å²) in [5, 5.41) is 0.570. The number of carbonyl (C=O) groups excluding carboxylic acids is 1. The molecule has 86 valence electrons. The second-order valence-corrected chi connectivity index (χ2v) is 3.91. The van der Waals surface area contributed by atoms with Gasteiger partial charge in [-0.25, -0.2) is 9.78 Å². The minimum Gasteiger partial charge on any atom is -0.422 e. The summed E-state index contributed by atoms with van der Waals surface area (Å²) in [4.78, 5) is 15.9. The molecule has 2 rings (SSSR count). The highest BCUT2D eigenvalue weighted by molar-refractivity contribution is 9.08. The predicted octanol–water partition coefficient (Wildman–Crippen LogP) is 3.20. The molecule has 0 unspecified atom stereocenters. The zero-order valence-corrected chi connectivity index (χ0v) is 10.6. The number of ether oxygens (including phenoxy) is 1. The fourth-order valence-electron chi connectivity index (χ4n) is 1.37. The van der Waals surface area contributed by atoms with Crippen LogP contribution in [0.5, 0.6) is 5.75 Å². The SMILES string of the molecule is O=C(Oc1ccccc1)c1ncccc1CBr. The van der Waals surface area contributed by atoms with Crippen molar-refractivity contribution in [2.45, 2.75) is 5.33 Å².